The predicted octanol–water partition coefficient (Wildman–Crippen LogP) is -1.63. The first-order valence-electron chi connectivity index (χ1n) is 4.53. The molecule has 0 aromatic heterocycles. The zero-order valence-electron chi connectivity index (χ0n) is 8.74. The van der Waals surface area contributed by atoms with E-state index in [1.54, 1.807) is 0 Å². The Bertz CT molecular complexity index is 441. The minimum absolute atomic E-state index is 0.0633. The molecule has 0 aromatic carbocycles. The molecular formula is C7H10N2O7S. The third kappa shape index (κ3) is 3.76. The fraction of sp³-hybridized carbons (Fsp3) is 0.571. The highest BCUT2D eigenvalue weighted by molar-refractivity contribution is 7.83. The minimum atomic E-state index is -4.57. The van der Waals surface area contributed by atoms with Crippen LogP contribution in [-0.4, -0.2) is 41.9 Å². The Balaban J connectivity index is 2.60. The first-order valence-corrected chi connectivity index (χ1v) is 5.97. The lowest BCUT2D eigenvalue weighted by Gasteiger charge is -2.15. The van der Waals surface area contributed by atoms with Gasteiger partial charge >= 0.3 is 16.3 Å². The van der Waals surface area contributed by atoms with Crippen LogP contribution in [0.4, 0.5) is 0 Å². The number of imide groups is 1. The van der Waals surface area contributed by atoms with Crippen molar-refractivity contribution in [2.24, 2.45) is 0 Å². The second-order valence-corrected chi connectivity index (χ2v) is 4.49. The van der Waals surface area contributed by atoms with Gasteiger partial charge < -0.3 is 4.84 Å². The molecule has 10 heteroatoms. The van der Waals surface area contributed by atoms with Crippen molar-refractivity contribution in [3.05, 3.63) is 0 Å². The first-order chi connectivity index (χ1) is 7.70. The summed E-state index contributed by atoms with van der Waals surface area (Å²) in [5.74, 6) is -2.53. The molecule has 9 nitrogen and oxygen atoms in total. The molecule has 17 heavy (non-hydrogen) atoms. The molecule has 2 amide bonds. The van der Waals surface area contributed by atoms with Crippen molar-refractivity contribution in [2.75, 3.05) is 0 Å². The van der Waals surface area contributed by atoms with Crippen molar-refractivity contribution in [1.29, 1.82) is 0 Å². The molecule has 1 aliphatic rings. The van der Waals surface area contributed by atoms with Crippen LogP contribution in [0, 0.1) is 0 Å². The Labute approximate surface area is 96.5 Å². The normalized spacial score (nSPS) is 18.4. The number of rotatable bonds is 4. The second kappa shape index (κ2) is 4.77. The molecule has 0 spiro atoms. The monoisotopic (exact) mass is 266 g/mol. The fourth-order valence-electron chi connectivity index (χ4n) is 1.10. The molecular weight excluding hydrogens is 256 g/mol. The Kier molecular flexibility index (Phi) is 3.80. The molecule has 1 saturated heterocycles. The van der Waals surface area contributed by atoms with E-state index in [9.17, 15) is 22.8 Å². The van der Waals surface area contributed by atoms with E-state index < -0.39 is 34.1 Å². The topological polar surface area (TPSA) is 130 Å². The summed E-state index contributed by atoms with van der Waals surface area (Å²) in [6.07, 6.45) is -0.127. The Morgan fingerprint density at radius 3 is 2.29 bits per heavy atom. The maximum atomic E-state index is 11.3. The van der Waals surface area contributed by atoms with E-state index in [1.807, 2.05) is 0 Å². The van der Waals surface area contributed by atoms with Crippen molar-refractivity contribution < 1.29 is 32.2 Å². The standard InChI is InChI=1S/C7H10N2O7S/c1-4(8-17(13,14)15)7(12)16-9-5(10)2-3-6(9)11/h4,8H,2-3H2,1H3,(H,13,14,15)/t4-/m0/s1. The van der Waals surface area contributed by atoms with E-state index in [0.717, 1.165) is 6.92 Å². The summed E-state index contributed by atoms with van der Waals surface area (Å²) in [5, 5.41) is 0.282. The van der Waals surface area contributed by atoms with E-state index in [2.05, 4.69) is 4.84 Å². The van der Waals surface area contributed by atoms with Gasteiger partial charge in [0.25, 0.3) is 11.8 Å². The highest BCUT2D eigenvalue weighted by Crippen LogP contribution is 2.12. The summed E-state index contributed by atoms with van der Waals surface area (Å²) in [4.78, 5) is 37.8. The van der Waals surface area contributed by atoms with Crippen LogP contribution in [0.2, 0.25) is 0 Å². The van der Waals surface area contributed by atoms with Gasteiger partial charge in [0.05, 0.1) is 0 Å². The van der Waals surface area contributed by atoms with Crippen LogP contribution >= 0.6 is 0 Å². The van der Waals surface area contributed by atoms with Gasteiger partial charge in [-0.05, 0) is 6.92 Å². The third-order valence-corrected chi connectivity index (χ3v) is 2.52. The summed E-state index contributed by atoms with van der Waals surface area (Å²) < 4.78 is 30.7. The quantitative estimate of drug-likeness (QED) is 0.461. The van der Waals surface area contributed by atoms with Crippen molar-refractivity contribution in [3.63, 3.8) is 0 Å². The van der Waals surface area contributed by atoms with Crippen LogP contribution in [0.15, 0.2) is 0 Å². The summed E-state index contributed by atoms with van der Waals surface area (Å²) >= 11 is 0. The average Bonchev–Trinajstić information content (AvgIpc) is 2.46. The van der Waals surface area contributed by atoms with Crippen LogP contribution in [0.3, 0.4) is 0 Å². The summed E-state index contributed by atoms with van der Waals surface area (Å²) in [7, 11) is -4.57. The summed E-state index contributed by atoms with van der Waals surface area (Å²) in [5.41, 5.74) is 0. The molecule has 0 saturated carbocycles. The molecule has 1 rings (SSSR count). The third-order valence-electron chi connectivity index (χ3n) is 1.87. The van der Waals surface area contributed by atoms with Crippen molar-refractivity contribution in [2.45, 2.75) is 25.8 Å². The van der Waals surface area contributed by atoms with E-state index in [1.165, 1.54) is 4.72 Å². The van der Waals surface area contributed by atoms with Gasteiger partial charge in [-0.25, -0.2) is 4.79 Å². The summed E-state index contributed by atoms with van der Waals surface area (Å²) in [6, 6.07) is -1.42. The molecule has 96 valence electrons. The first kappa shape index (κ1) is 13.5. The van der Waals surface area contributed by atoms with Crippen molar-refractivity contribution in [3.8, 4) is 0 Å². The van der Waals surface area contributed by atoms with Gasteiger partial charge in [0.15, 0.2) is 0 Å². The van der Waals surface area contributed by atoms with Crippen LogP contribution in [0.1, 0.15) is 19.8 Å². The van der Waals surface area contributed by atoms with Gasteiger partial charge in [-0.15, -0.1) is 5.06 Å². The maximum Gasteiger partial charge on any atom is 0.350 e. The van der Waals surface area contributed by atoms with E-state index >= 15 is 0 Å². The largest absolute Gasteiger partial charge is 0.350 e. The van der Waals surface area contributed by atoms with Crippen LogP contribution in [-0.2, 0) is 29.5 Å². The Hall–Kier alpha value is -1.52. The zero-order valence-corrected chi connectivity index (χ0v) is 9.56. The molecule has 1 heterocycles. The smallest absolute Gasteiger partial charge is 0.329 e. The van der Waals surface area contributed by atoms with Gasteiger partial charge in [0, 0.05) is 12.8 Å². The lowest BCUT2D eigenvalue weighted by atomic mass is 10.4. The highest BCUT2D eigenvalue weighted by atomic mass is 32.2. The molecule has 0 aliphatic carbocycles. The second-order valence-electron chi connectivity index (χ2n) is 3.31. The number of nitrogens with one attached hydrogen (secondary N) is 1. The number of carbonyl (C=O) groups excluding carboxylic acids is 3. The van der Waals surface area contributed by atoms with Gasteiger partial charge in [-0.1, -0.05) is 0 Å². The van der Waals surface area contributed by atoms with Crippen molar-refractivity contribution in [1.82, 2.24) is 9.79 Å². The lowest BCUT2D eigenvalue weighted by molar-refractivity contribution is -0.198. The molecule has 2 N–H and O–H groups in total. The average molecular weight is 266 g/mol. The van der Waals surface area contributed by atoms with Gasteiger partial charge in [-0.2, -0.15) is 13.1 Å². The van der Waals surface area contributed by atoms with E-state index in [0.29, 0.717) is 0 Å². The summed E-state index contributed by atoms with van der Waals surface area (Å²) in [6.45, 7) is 1.08. The molecule has 1 atom stereocenters. The minimum Gasteiger partial charge on any atom is -0.329 e. The molecule has 0 unspecified atom stereocenters. The lowest BCUT2D eigenvalue weighted by Crippen LogP contribution is -2.43. The van der Waals surface area contributed by atoms with E-state index in [4.69, 9.17) is 4.55 Å². The van der Waals surface area contributed by atoms with Crippen LogP contribution in [0.5, 0.6) is 0 Å². The molecule has 1 fully saturated rings. The SMILES string of the molecule is C[C@H](NS(=O)(=O)O)C(=O)ON1C(=O)CCC1=O. The number of hydrogen-bond acceptors (Lipinski definition) is 6. The molecule has 1 aliphatic heterocycles. The van der Waals surface area contributed by atoms with E-state index in [-0.39, 0.29) is 17.9 Å². The number of hydrogen-bond donors (Lipinski definition) is 2. The van der Waals surface area contributed by atoms with Gasteiger partial charge in [0.2, 0.25) is 0 Å². The molecule has 0 aromatic rings. The number of amides is 2. The van der Waals surface area contributed by atoms with Gasteiger partial charge in [0.1, 0.15) is 6.04 Å². The Morgan fingerprint density at radius 2 is 1.88 bits per heavy atom. The number of carbonyl (C=O) groups is 3. The van der Waals surface area contributed by atoms with Gasteiger partial charge in [-0.3, -0.25) is 14.1 Å². The molecule has 0 bridgehead atoms. The zero-order chi connectivity index (χ0) is 13.2. The molecule has 0 radical (unpaired) electrons. The maximum absolute atomic E-state index is 11.3. The Morgan fingerprint density at radius 1 is 1.41 bits per heavy atom. The van der Waals surface area contributed by atoms with Crippen molar-refractivity contribution >= 4 is 28.1 Å². The fourth-order valence-corrected chi connectivity index (χ4v) is 1.64. The number of hydroxylamine groups is 2. The van der Waals surface area contributed by atoms with Crippen LogP contribution < -0.4 is 4.72 Å². The predicted molar refractivity (Wildman–Crippen MR) is 51.3 cm³/mol. The van der Waals surface area contributed by atoms with Crippen LogP contribution in [0.25, 0.3) is 0 Å². The number of nitrogens with zero attached hydrogens (tertiary/aromatic N) is 1. The highest BCUT2D eigenvalue weighted by Gasteiger charge is 2.34.